The standard InChI is InChI=1S/C22H28N4O3/c1-4-26(5-2)14-15-6-8-19(24-13-15)20-17-12-16(21(27)23-10-11-29-3)7-9-18(17)25-22(20)28/h6-9,12-13,25,28H,4-5,10-11,14H2,1-3H3,(H,23,27). The van der Waals surface area contributed by atoms with Gasteiger partial charge >= 0.3 is 0 Å². The number of aromatic amines is 1. The number of rotatable bonds is 9. The number of fused-ring (bicyclic) bond motifs is 1. The number of hydrogen-bond donors (Lipinski definition) is 3. The highest BCUT2D eigenvalue weighted by molar-refractivity contribution is 6.03. The van der Waals surface area contributed by atoms with Crippen LogP contribution in [0.4, 0.5) is 0 Å². The van der Waals surface area contributed by atoms with Gasteiger partial charge in [0.05, 0.1) is 17.9 Å². The van der Waals surface area contributed by atoms with Gasteiger partial charge in [0.15, 0.2) is 5.88 Å². The minimum atomic E-state index is -0.182. The third kappa shape index (κ3) is 4.75. The first kappa shape index (κ1) is 20.8. The molecule has 0 aliphatic heterocycles. The fraction of sp³-hybridized carbons (Fsp3) is 0.364. The van der Waals surface area contributed by atoms with Gasteiger partial charge < -0.3 is 20.1 Å². The van der Waals surface area contributed by atoms with Crippen molar-refractivity contribution in [1.29, 1.82) is 0 Å². The first-order valence-electron chi connectivity index (χ1n) is 9.86. The van der Waals surface area contributed by atoms with Crippen molar-refractivity contribution in [2.45, 2.75) is 20.4 Å². The summed E-state index contributed by atoms with van der Waals surface area (Å²) in [5, 5.41) is 14.0. The highest BCUT2D eigenvalue weighted by atomic mass is 16.5. The lowest BCUT2D eigenvalue weighted by Crippen LogP contribution is -2.26. The molecule has 154 valence electrons. The van der Waals surface area contributed by atoms with Gasteiger partial charge in [0.1, 0.15) is 0 Å². The molecule has 0 aliphatic carbocycles. The monoisotopic (exact) mass is 396 g/mol. The molecule has 1 aromatic carbocycles. The van der Waals surface area contributed by atoms with Gasteiger partial charge in [-0.05, 0) is 42.9 Å². The number of nitrogens with zero attached hydrogens (tertiary/aromatic N) is 2. The lowest BCUT2D eigenvalue weighted by molar-refractivity contribution is 0.0937. The number of carbonyl (C=O) groups is 1. The molecule has 0 fully saturated rings. The smallest absolute Gasteiger partial charge is 0.251 e. The Balaban J connectivity index is 1.89. The maximum atomic E-state index is 12.4. The zero-order valence-corrected chi connectivity index (χ0v) is 17.2. The average molecular weight is 396 g/mol. The van der Waals surface area contributed by atoms with Gasteiger partial charge in [0.2, 0.25) is 0 Å². The van der Waals surface area contributed by atoms with Crippen molar-refractivity contribution < 1.29 is 14.6 Å². The van der Waals surface area contributed by atoms with Crippen LogP contribution >= 0.6 is 0 Å². The van der Waals surface area contributed by atoms with E-state index in [1.165, 1.54) is 0 Å². The van der Waals surface area contributed by atoms with Gasteiger partial charge in [-0.3, -0.25) is 14.7 Å². The number of hydrogen-bond acceptors (Lipinski definition) is 5. The summed E-state index contributed by atoms with van der Waals surface area (Å²) >= 11 is 0. The summed E-state index contributed by atoms with van der Waals surface area (Å²) in [6.07, 6.45) is 1.84. The van der Waals surface area contributed by atoms with E-state index < -0.39 is 0 Å². The topological polar surface area (TPSA) is 90.5 Å². The molecule has 0 spiro atoms. The van der Waals surface area contributed by atoms with E-state index in [1.54, 1.807) is 25.3 Å². The van der Waals surface area contributed by atoms with E-state index >= 15 is 0 Å². The van der Waals surface area contributed by atoms with Gasteiger partial charge in [-0.2, -0.15) is 0 Å². The Bertz CT molecular complexity index is 962. The van der Waals surface area contributed by atoms with Crippen LogP contribution in [0.5, 0.6) is 5.88 Å². The first-order chi connectivity index (χ1) is 14.1. The van der Waals surface area contributed by atoms with Crippen molar-refractivity contribution in [2.75, 3.05) is 33.4 Å². The van der Waals surface area contributed by atoms with Crippen molar-refractivity contribution in [3.05, 3.63) is 47.7 Å². The van der Waals surface area contributed by atoms with Crippen LogP contribution in [-0.4, -0.2) is 59.2 Å². The summed E-state index contributed by atoms with van der Waals surface area (Å²) in [4.78, 5) is 22.2. The van der Waals surface area contributed by atoms with Crippen molar-refractivity contribution in [2.24, 2.45) is 0 Å². The Labute approximate surface area is 170 Å². The van der Waals surface area contributed by atoms with Crippen molar-refractivity contribution in [3.8, 4) is 17.1 Å². The van der Waals surface area contributed by atoms with Crippen LogP contribution in [0.3, 0.4) is 0 Å². The minimum absolute atomic E-state index is 0.0425. The molecule has 0 saturated heterocycles. The molecule has 2 aromatic heterocycles. The summed E-state index contributed by atoms with van der Waals surface area (Å²) < 4.78 is 4.96. The SMILES string of the molecule is CCN(CC)Cc1ccc(-c2c(O)[nH]c3ccc(C(=O)NCCOC)cc23)nc1. The number of aromatic nitrogens is 2. The highest BCUT2D eigenvalue weighted by Crippen LogP contribution is 2.36. The van der Waals surface area contributed by atoms with E-state index in [0.29, 0.717) is 30.0 Å². The summed E-state index contributed by atoms with van der Waals surface area (Å²) in [6, 6.07) is 9.23. The van der Waals surface area contributed by atoms with E-state index in [2.05, 4.69) is 34.0 Å². The largest absolute Gasteiger partial charge is 0.494 e. The third-order valence-corrected chi connectivity index (χ3v) is 5.01. The van der Waals surface area contributed by atoms with Crippen molar-refractivity contribution in [3.63, 3.8) is 0 Å². The van der Waals surface area contributed by atoms with Crippen LogP contribution in [-0.2, 0) is 11.3 Å². The second kappa shape index (κ2) is 9.54. The highest BCUT2D eigenvalue weighted by Gasteiger charge is 2.16. The van der Waals surface area contributed by atoms with Crippen LogP contribution in [0.2, 0.25) is 0 Å². The molecular weight excluding hydrogens is 368 g/mol. The number of nitrogens with one attached hydrogen (secondary N) is 2. The molecule has 1 amide bonds. The maximum Gasteiger partial charge on any atom is 0.251 e. The molecule has 3 rings (SSSR count). The Hall–Kier alpha value is -2.90. The molecule has 0 unspecified atom stereocenters. The number of H-pyrrole nitrogens is 1. The number of benzene rings is 1. The van der Waals surface area contributed by atoms with Crippen LogP contribution in [0.25, 0.3) is 22.2 Å². The lowest BCUT2D eigenvalue weighted by Gasteiger charge is -2.17. The molecule has 29 heavy (non-hydrogen) atoms. The molecule has 7 nitrogen and oxygen atoms in total. The molecule has 0 saturated carbocycles. The summed E-state index contributed by atoms with van der Waals surface area (Å²) in [6.45, 7) is 7.97. The lowest BCUT2D eigenvalue weighted by atomic mass is 10.1. The van der Waals surface area contributed by atoms with Crippen LogP contribution in [0.1, 0.15) is 29.8 Å². The summed E-state index contributed by atoms with van der Waals surface area (Å²) in [5.41, 5.74) is 3.65. The fourth-order valence-electron chi connectivity index (χ4n) is 3.32. The zero-order chi connectivity index (χ0) is 20.8. The second-order valence-electron chi connectivity index (χ2n) is 6.87. The molecule has 0 bridgehead atoms. The van der Waals surface area contributed by atoms with Gasteiger partial charge in [-0.25, -0.2) is 0 Å². The molecule has 0 radical (unpaired) electrons. The Morgan fingerprint density at radius 3 is 2.69 bits per heavy atom. The molecule has 3 N–H and O–H groups in total. The molecule has 3 aromatic rings. The fourth-order valence-corrected chi connectivity index (χ4v) is 3.32. The zero-order valence-electron chi connectivity index (χ0n) is 17.2. The second-order valence-corrected chi connectivity index (χ2v) is 6.87. The van der Waals surface area contributed by atoms with Gasteiger partial charge in [-0.15, -0.1) is 0 Å². The third-order valence-electron chi connectivity index (χ3n) is 5.01. The Morgan fingerprint density at radius 2 is 2.03 bits per heavy atom. The maximum absolute atomic E-state index is 12.4. The van der Waals surface area contributed by atoms with E-state index in [-0.39, 0.29) is 11.8 Å². The number of methoxy groups -OCH3 is 1. The number of ether oxygens (including phenoxy) is 1. The van der Waals surface area contributed by atoms with Crippen LogP contribution < -0.4 is 5.32 Å². The molecular formula is C22H28N4O3. The van der Waals surface area contributed by atoms with Gasteiger partial charge in [0.25, 0.3) is 5.91 Å². The first-order valence-corrected chi connectivity index (χ1v) is 9.86. The van der Waals surface area contributed by atoms with Gasteiger partial charge in [0, 0.05) is 42.9 Å². The number of aromatic hydroxyl groups is 1. The summed E-state index contributed by atoms with van der Waals surface area (Å²) in [7, 11) is 1.59. The van der Waals surface area contributed by atoms with E-state index in [1.807, 2.05) is 18.3 Å². The normalized spacial score (nSPS) is 11.3. The number of amides is 1. The van der Waals surface area contributed by atoms with E-state index in [0.717, 1.165) is 36.1 Å². The molecule has 0 aliphatic rings. The van der Waals surface area contributed by atoms with E-state index in [4.69, 9.17) is 4.74 Å². The van der Waals surface area contributed by atoms with E-state index in [9.17, 15) is 9.90 Å². The molecule has 2 heterocycles. The predicted octanol–water partition coefficient (Wildman–Crippen LogP) is 3.15. The molecule has 0 atom stereocenters. The predicted molar refractivity (Wildman–Crippen MR) is 114 cm³/mol. The van der Waals surface area contributed by atoms with Crippen LogP contribution in [0, 0.1) is 0 Å². The average Bonchev–Trinajstić information content (AvgIpc) is 3.07. The number of pyridine rings is 1. The van der Waals surface area contributed by atoms with Crippen molar-refractivity contribution in [1.82, 2.24) is 20.2 Å². The number of carbonyl (C=O) groups excluding carboxylic acids is 1. The molecule has 7 heteroatoms. The van der Waals surface area contributed by atoms with Gasteiger partial charge in [-0.1, -0.05) is 19.9 Å². The van der Waals surface area contributed by atoms with Crippen molar-refractivity contribution >= 4 is 16.8 Å². The van der Waals surface area contributed by atoms with Crippen LogP contribution in [0.15, 0.2) is 36.5 Å². The Morgan fingerprint density at radius 1 is 1.24 bits per heavy atom. The summed E-state index contributed by atoms with van der Waals surface area (Å²) in [5.74, 6) is -0.140. The minimum Gasteiger partial charge on any atom is -0.494 e. The Kier molecular flexibility index (Phi) is 6.85. The quantitative estimate of drug-likeness (QED) is 0.484.